The average Bonchev–Trinajstić information content (AvgIpc) is 2.75. The Hall–Kier alpha value is -2.57. The fourth-order valence-corrected chi connectivity index (χ4v) is 1.63. The highest BCUT2D eigenvalue weighted by Gasteiger charge is 2.09. The van der Waals surface area contributed by atoms with Crippen molar-refractivity contribution < 1.29 is 4.79 Å². The Morgan fingerprint density at radius 2 is 2.37 bits per heavy atom. The Labute approximate surface area is 109 Å². The van der Waals surface area contributed by atoms with Gasteiger partial charge in [0.2, 0.25) is 0 Å². The first-order valence-electron chi connectivity index (χ1n) is 5.82. The van der Waals surface area contributed by atoms with Crippen molar-refractivity contribution in [2.45, 2.75) is 13.5 Å². The molecule has 0 aliphatic heterocycles. The van der Waals surface area contributed by atoms with Gasteiger partial charge >= 0.3 is 0 Å². The Balaban J connectivity index is 1.92. The molecule has 0 unspecified atom stereocenters. The highest BCUT2D eigenvalue weighted by Crippen LogP contribution is 1.97. The van der Waals surface area contributed by atoms with Crippen LogP contribution in [0, 0.1) is 6.92 Å². The first-order valence-corrected chi connectivity index (χ1v) is 5.82. The molecular weight excluding hydrogens is 246 g/mol. The van der Waals surface area contributed by atoms with Crippen LogP contribution in [0.3, 0.4) is 0 Å². The van der Waals surface area contributed by atoms with Crippen LogP contribution in [-0.4, -0.2) is 27.2 Å². The first-order chi connectivity index (χ1) is 9.06. The second-order valence-corrected chi connectivity index (χ2v) is 4.19. The van der Waals surface area contributed by atoms with Crippen LogP contribution in [0.15, 0.2) is 29.5 Å². The van der Waals surface area contributed by atoms with Crippen molar-refractivity contribution in [1.82, 2.24) is 20.1 Å². The maximum absolute atomic E-state index is 11.8. The first kappa shape index (κ1) is 12.9. The number of hydrogen-bond donors (Lipinski definition) is 3. The number of rotatable bonds is 4. The highest BCUT2D eigenvalue weighted by molar-refractivity contribution is 5.93. The van der Waals surface area contributed by atoms with Crippen LogP contribution in [0.4, 0.5) is 5.69 Å². The molecule has 0 saturated heterocycles. The number of anilines is 1. The van der Waals surface area contributed by atoms with Crippen LogP contribution < -0.4 is 16.5 Å². The minimum absolute atomic E-state index is 0.102. The molecule has 0 aliphatic carbocycles. The summed E-state index contributed by atoms with van der Waals surface area (Å²) in [5, 5.41) is 6.64. The number of nitrogens with zero attached hydrogens (tertiary/aromatic N) is 2. The van der Waals surface area contributed by atoms with Gasteiger partial charge in [-0.2, -0.15) is 5.10 Å². The summed E-state index contributed by atoms with van der Waals surface area (Å²) in [5.41, 5.74) is 6.61. The lowest BCUT2D eigenvalue weighted by Crippen LogP contribution is -2.31. The molecule has 7 heteroatoms. The van der Waals surface area contributed by atoms with Gasteiger partial charge in [0.1, 0.15) is 5.56 Å². The van der Waals surface area contributed by atoms with Gasteiger partial charge in [-0.15, -0.1) is 0 Å². The smallest absolute Gasteiger partial charge is 0.256 e. The van der Waals surface area contributed by atoms with Gasteiger partial charge in [0.05, 0.1) is 18.4 Å². The molecule has 1 amide bonds. The zero-order valence-electron chi connectivity index (χ0n) is 10.5. The third-order valence-electron chi connectivity index (χ3n) is 2.58. The summed E-state index contributed by atoms with van der Waals surface area (Å²) < 4.78 is 1.62. The van der Waals surface area contributed by atoms with Gasteiger partial charge in [-0.1, -0.05) is 0 Å². The summed E-state index contributed by atoms with van der Waals surface area (Å²) in [6, 6.07) is 1.39. The average molecular weight is 261 g/mol. The number of hydrogen-bond acceptors (Lipinski definition) is 4. The number of nitrogens with two attached hydrogens (primary N) is 1. The number of carbonyl (C=O) groups excluding carboxylic acids is 1. The molecule has 0 fully saturated rings. The van der Waals surface area contributed by atoms with Gasteiger partial charge in [0, 0.05) is 30.7 Å². The van der Waals surface area contributed by atoms with Crippen molar-refractivity contribution in [3.63, 3.8) is 0 Å². The van der Waals surface area contributed by atoms with Crippen LogP contribution in [-0.2, 0) is 6.54 Å². The van der Waals surface area contributed by atoms with E-state index in [9.17, 15) is 9.59 Å². The number of nitrogens with one attached hydrogen (secondary N) is 2. The van der Waals surface area contributed by atoms with Gasteiger partial charge in [-0.3, -0.25) is 14.3 Å². The van der Waals surface area contributed by atoms with Crippen LogP contribution in [0.1, 0.15) is 16.1 Å². The topological polar surface area (TPSA) is 106 Å². The van der Waals surface area contributed by atoms with Crippen molar-refractivity contribution in [2.24, 2.45) is 0 Å². The molecule has 4 N–H and O–H groups in total. The summed E-state index contributed by atoms with van der Waals surface area (Å²) >= 11 is 0. The largest absolute Gasteiger partial charge is 0.396 e. The number of aromatic amines is 1. The molecular formula is C12H15N5O2. The van der Waals surface area contributed by atoms with E-state index in [-0.39, 0.29) is 11.0 Å². The SMILES string of the molecule is Cc1cc(=O)c(C(=O)NCCn2cc(N)cn2)c[nH]1. The number of pyridine rings is 1. The van der Waals surface area contributed by atoms with E-state index < -0.39 is 5.91 Å². The highest BCUT2D eigenvalue weighted by atomic mass is 16.2. The molecule has 0 aliphatic rings. The quantitative estimate of drug-likeness (QED) is 0.714. The molecule has 0 spiro atoms. The number of aromatic nitrogens is 3. The minimum Gasteiger partial charge on any atom is -0.396 e. The van der Waals surface area contributed by atoms with Crippen molar-refractivity contribution >= 4 is 11.6 Å². The van der Waals surface area contributed by atoms with E-state index in [1.807, 2.05) is 0 Å². The van der Waals surface area contributed by atoms with E-state index in [2.05, 4.69) is 15.4 Å². The lowest BCUT2D eigenvalue weighted by Gasteiger charge is -2.05. The van der Waals surface area contributed by atoms with Gasteiger partial charge in [0.15, 0.2) is 5.43 Å². The number of carbonyl (C=O) groups is 1. The van der Waals surface area contributed by atoms with E-state index in [1.165, 1.54) is 18.5 Å². The van der Waals surface area contributed by atoms with E-state index in [1.54, 1.807) is 17.8 Å². The Morgan fingerprint density at radius 1 is 1.58 bits per heavy atom. The lowest BCUT2D eigenvalue weighted by atomic mass is 10.2. The number of nitrogen functional groups attached to an aromatic ring is 1. The van der Waals surface area contributed by atoms with Crippen molar-refractivity contribution in [3.05, 3.63) is 46.1 Å². The minimum atomic E-state index is -0.402. The standard InChI is InChI=1S/C12H15N5O2/c1-8-4-11(18)10(6-15-8)12(19)14-2-3-17-7-9(13)5-16-17/h4-7H,2-3,13H2,1H3,(H,14,19)(H,15,18). The molecule has 2 heterocycles. The molecule has 0 saturated carbocycles. The second-order valence-electron chi connectivity index (χ2n) is 4.19. The Bertz CT molecular complexity index is 644. The molecule has 19 heavy (non-hydrogen) atoms. The summed E-state index contributed by atoms with van der Waals surface area (Å²) in [7, 11) is 0. The zero-order chi connectivity index (χ0) is 13.8. The van der Waals surface area contributed by atoms with Gasteiger partial charge in [-0.25, -0.2) is 0 Å². The van der Waals surface area contributed by atoms with E-state index in [0.29, 0.717) is 24.5 Å². The zero-order valence-corrected chi connectivity index (χ0v) is 10.5. The van der Waals surface area contributed by atoms with E-state index >= 15 is 0 Å². The monoisotopic (exact) mass is 261 g/mol. The molecule has 2 aromatic heterocycles. The summed E-state index contributed by atoms with van der Waals surface area (Å²) in [4.78, 5) is 26.2. The van der Waals surface area contributed by atoms with Crippen LogP contribution >= 0.6 is 0 Å². The number of aryl methyl sites for hydroxylation is 1. The lowest BCUT2D eigenvalue weighted by molar-refractivity contribution is 0.0950. The third-order valence-corrected chi connectivity index (χ3v) is 2.58. The maximum Gasteiger partial charge on any atom is 0.256 e. The van der Waals surface area contributed by atoms with Crippen molar-refractivity contribution in [3.8, 4) is 0 Å². The Morgan fingerprint density at radius 3 is 3.00 bits per heavy atom. The molecule has 100 valence electrons. The molecule has 0 aromatic carbocycles. The Kier molecular flexibility index (Phi) is 3.65. The van der Waals surface area contributed by atoms with Crippen LogP contribution in [0.25, 0.3) is 0 Å². The predicted molar refractivity (Wildman–Crippen MR) is 70.8 cm³/mol. The van der Waals surface area contributed by atoms with Gasteiger partial charge in [0.25, 0.3) is 5.91 Å². The van der Waals surface area contributed by atoms with E-state index in [4.69, 9.17) is 5.73 Å². The number of amides is 1. The van der Waals surface area contributed by atoms with E-state index in [0.717, 1.165) is 0 Å². The fraction of sp³-hybridized carbons (Fsp3) is 0.250. The summed E-state index contributed by atoms with van der Waals surface area (Å²) in [6.45, 7) is 2.62. The fourth-order valence-electron chi connectivity index (χ4n) is 1.63. The van der Waals surface area contributed by atoms with Gasteiger partial charge < -0.3 is 16.0 Å². The van der Waals surface area contributed by atoms with Gasteiger partial charge in [-0.05, 0) is 6.92 Å². The third kappa shape index (κ3) is 3.21. The molecule has 0 bridgehead atoms. The maximum atomic E-state index is 11.8. The molecule has 2 rings (SSSR count). The predicted octanol–water partition coefficient (Wildman–Crippen LogP) is -0.108. The molecule has 0 radical (unpaired) electrons. The molecule has 2 aromatic rings. The molecule has 7 nitrogen and oxygen atoms in total. The molecule has 0 atom stereocenters. The second kappa shape index (κ2) is 5.38. The van der Waals surface area contributed by atoms with Crippen LogP contribution in [0.5, 0.6) is 0 Å². The summed E-state index contributed by atoms with van der Waals surface area (Å²) in [5.74, 6) is -0.402. The summed E-state index contributed by atoms with van der Waals surface area (Å²) in [6.07, 6.45) is 4.62. The van der Waals surface area contributed by atoms with Crippen LogP contribution in [0.2, 0.25) is 0 Å². The van der Waals surface area contributed by atoms with Crippen molar-refractivity contribution in [1.29, 1.82) is 0 Å². The normalized spacial score (nSPS) is 10.4. The van der Waals surface area contributed by atoms with Crippen molar-refractivity contribution in [2.75, 3.05) is 12.3 Å². The number of H-pyrrole nitrogens is 1.